The van der Waals surface area contributed by atoms with Crippen LogP contribution in [0.1, 0.15) is 15.4 Å². The Balaban J connectivity index is 1.97. The normalized spacial score (nSPS) is 10.8. The van der Waals surface area contributed by atoms with Crippen LogP contribution in [0.3, 0.4) is 0 Å². The van der Waals surface area contributed by atoms with Gasteiger partial charge in [-0.25, -0.2) is 5.43 Å². The first kappa shape index (κ1) is 11.0. The van der Waals surface area contributed by atoms with Crippen LogP contribution in [0.25, 0.3) is 0 Å². The van der Waals surface area contributed by atoms with Gasteiger partial charge >= 0.3 is 0 Å². The molecule has 0 bridgehead atoms. The highest BCUT2D eigenvalue weighted by Gasteiger charge is 2.10. The summed E-state index contributed by atoms with van der Waals surface area (Å²) < 4.78 is 0.608. The zero-order chi connectivity index (χ0) is 11.4. The highest BCUT2D eigenvalue weighted by Crippen LogP contribution is 2.12. The molecule has 16 heavy (non-hydrogen) atoms. The largest absolute Gasteiger partial charge is 0.290 e. The smallest absolute Gasteiger partial charge is 0.272 e. The molecule has 0 aliphatic carbocycles. The van der Waals surface area contributed by atoms with Crippen LogP contribution >= 0.6 is 27.3 Å². The summed E-state index contributed by atoms with van der Waals surface area (Å²) in [6, 6.07) is 3.83. The van der Waals surface area contributed by atoms with E-state index in [0.717, 1.165) is 4.88 Å². The molecule has 2 aromatic heterocycles. The molecule has 0 radical (unpaired) electrons. The molecule has 0 aliphatic rings. The van der Waals surface area contributed by atoms with E-state index in [9.17, 15) is 4.79 Å². The Morgan fingerprint density at radius 3 is 3.19 bits per heavy atom. The van der Waals surface area contributed by atoms with Crippen LogP contribution in [-0.4, -0.2) is 22.3 Å². The van der Waals surface area contributed by atoms with Gasteiger partial charge in [0.2, 0.25) is 0 Å². The maximum absolute atomic E-state index is 11.5. The third-order valence-corrected chi connectivity index (χ3v) is 3.13. The number of aromatic nitrogens is 2. The standard InChI is InChI=1S/C9H7BrN4OS/c10-7-5-12-13-8(7)9(15)14-11-4-6-2-1-3-16-6/h1-5H,(H,12,13)(H,14,15)/b11-4+. The lowest BCUT2D eigenvalue weighted by Gasteiger charge is -1.95. The Morgan fingerprint density at radius 1 is 1.69 bits per heavy atom. The van der Waals surface area contributed by atoms with Gasteiger partial charge in [-0.15, -0.1) is 11.3 Å². The Hall–Kier alpha value is -1.47. The number of thiophene rings is 1. The number of carbonyl (C=O) groups is 1. The predicted octanol–water partition coefficient (Wildman–Crippen LogP) is 2.00. The quantitative estimate of drug-likeness (QED) is 0.672. The van der Waals surface area contributed by atoms with E-state index >= 15 is 0 Å². The number of amides is 1. The fourth-order valence-corrected chi connectivity index (χ4v) is 1.96. The van der Waals surface area contributed by atoms with Gasteiger partial charge in [0.1, 0.15) is 5.69 Å². The van der Waals surface area contributed by atoms with Gasteiger partial charge in [-0.3, -0.25) is 9.89 Å². The van der Waals surface area contributed by atoms with Gasteiger partial charge in [0, 0.05) is 4.88 Å². The van der Waals surface area contributed by atoms with E-state index in [1.54, 1.807) is 17.6 Å². The second-order valence-electron chi connectivity index (χ2n) is 2.81. The predicted molar refractivity (Wildman–Crippen MR) is 65.7 cm³/mol. The number of nitrogens with one attached hydrogen (secondary N) is 2. The topological polar surface area (TPSA) is 70.1 Å². The van der Waals surface area contributed by atoms with Crippen molar-refractivity contribution in [2.45, 2.75) is 0 Å². The Kier molecular flexibility index (Phi) is 3.47. The Morgan fingerprint density at radius 2 is 2.56 bits per heavy atom. The minimum atomic E-state index is -0.336. The summed E-state index contributed by atoms with van der Waals surface area (Å²) in [5.41, 5.74) is 2.75. The first-order valence-corrected chi connectivity index (χ1v) is 6.00. The summed E-state index contributed by atoms with van der Waals surface area (Å²) in [4.78, 5) is 12.5. The molecule has 0 saturated carbocycles. The van der Waals surface area contributed by atoms with Crippen molar-refractivity contribution in [1.29, 1.82) is 0 Å². The molecular formula is C9H7BrN4OS. The molecule has 2 N–H and O–H groups in total. The fourth-order valence-electron chi connectivity index (χ4n) is 1.01. The SMILES string of the molecule is O=C(N/N=C/c1cccs1)c1[nH]ncc1Br. The lowest BCUT2D eigenvalue weighted by atomic mass is 10.4. The lowest BCUT2D eigenvalue weighted by molar-refractivity contribution is 0.0949. The highest BCUT2D eigenvalue weighted by molar-refractivity contribution is 9.10. The van der Waals surface area contributed by atoms with E-state index in [1.807, 2.05) is 17.5 Å². The van der Waals surface area contributed by atoms with Crippen LogP contribution < -0.4 is 5.43 Å². The van der Waals surface area contributed by atoms with Crippen molar-refractivity contribution in [3.8, 4) is 0 Å². The average Bonchev–Trinajstić information content (AvgIpc) is 2.88. The second kappa shape index (κ2) is 5.04. The minimum Gasteiger partial charge on any atom is -0.272 e. The molecule has 2 rings (SSSR count). The summed E-state index contributed by atoms with van der Waals surface area (Å²) in [5, 5.41) is 12.1. The van der Waals surface area contributed by atoms with Gasteiger partial charge in [0.15, 0.2) is 0 Å². The maximum Gasteiger partial charge on any atom is 0.290 e. The molecule has 0 unspecified atom stereocenters. The van der Waals surface area contributed by atoms with Gasteiger partial charge in [-0.1, -0.05) is 6.07 Å². The van der Waals surface area contributed by atoms with Gasteiger partial charge < -0.3 is 0 Å². The fraction of sp³-hybridized carbons (Fsp3) is 0. The number of rotatable bonds is 3. The lowest BCUT2D eigenvalue weighted by Crippen LogP contribution is -2.18. The van der Waals surface area contributed by atoms with E-state index in [4.69, 9.17) is 0 Å². The molecular weight excluding hydrogens is 292 g/mol. The summed E-state index contributed by atoms with van der Waals surface area (Å²) >= 11 is 4.74. The molecule has 0 fully saturated rings. The van der Waals surface area contributed by atoms with E-state index in [0.29, 0.717) is 10.2 Å². The van der Waals surface area contributed by atoms with Crippen molar-refractivity contribution in [3.63, 3.8) is 0 Å². The Labute approximate surface area is 104 Å². The molecule has 0 spiro atoms. The van der Waals surface area contributed by atoms with Crippen LogP contribution in [-0.2, 0) is 0 Å². The molecule has 5 nitrogen and oxygen atoms in total. The molecule has 2 heterocycles. The average molecular weight is 299 g/mol. The number of hydrogen-bond donors (Lipinski definition) is 2. The summed E-state index contributed by atoms with van der Waals surface area (Å²) in [6.07, 6.45) is 3.10. The van der Waals surface area contributed by atoms with Gasteiger partial charge in [0.05, 0.1) is 16.9 Å². The molecule has 82 valence electrons. The molecule has 0 saturated heterocycles. The second-order valence-corrected chi connectivity index (χ2v) is 4.64. The maximum atomic E-state index is 11.5. The molecule has 0 aliphatic heterocycles. The monoisotopic (exact) mass is 298 g/mol. The van der Waals surface area contributed by atoms with E-state index in [1.165, 1.54) is 6.20 Å². The van der Waals surface area contributed by atoms with Crippen molar-refractivity contribution < 1.29 is 4.79 Å². The number of carbonyl (C=O) groups excluding carboxylic acids is 1. The van der Waals surface area contributed by atoms with Gasteiger partial charge in [-0.05, 0) is 27.4 Å². The molecule has 7 heteroatoms. The number of halogens is 1. The number of nitrogens with zero attached hydrogens (tertiary/aromatic N) is 2. The number of hydrazone groups is 1. The Bertz CT molecular complexity index is 505. The van der Waals surface area contributed by atoms with E-state index < -0.39 is 0 Å². The highest BCUT2D eigenvalue weighted by atomic mass is 79.9. The third-order valence-electron chi connectivity index (χ3n) is 1.72. The van der Waals surface area contributed by atoms with E-state index in [2.05, 4.69) is 36.7 Å². The first-order valence-electron chi connectivity index (χ1n) is 4.33. The number of aromatic amines is 1. The third kappa shape index (κ3) is 2.56. The molecule has 0 aromatic carbocycles. The van der Waals surface area contributed by atoms with Crippen LogP contribution in [0.2, 0.25) is 0 Å². The van der Waals surface area contributed by atoms with Crippen LogP contribution in [0.5, 0.6) is 0 Å². The summed E-state index contributed by atoms with van der Waals surface area (Å²) in [6.45, 7) is 0. The van der Waals surface area contributed by atoms with Crippen molar-refractivity contribution in [3.05, 3.63) is 38.8 Å². The van der Waals surface area contributed by atoms with Crippen LogP contribution in [0.4, 0.5) is 0 Å². The van der Waals surface area contributed by atoms with E-state index in [-0.39, 0.29) is 5.91 Å². The summed E-state index contributed by atoms with van der Waals surface area (Å²) in [7, 11) is 0. The van der Waals surface area contributed by atoms with Crippen molar-refractivity contribution in [2.75, 3.05) is 0 Å². The van der Waals surface area contributed by atoms with Crippen molar-refractivity contribution in [2.24, 2.45) is 5.10 Å². The number of hydrogen-bond acceptors (Lipinski definition) is 4. The van der Waals surface area contributed by atoms with Gasteiger partial charge in [0.25, 0.3) is 5.91 Å². The van der Waals surface area contributed by atoms with Gasteiger partial charge in [-0.2, -0.15) is 10.2 Å². The molecule has 2 aromatic rings. The molecule has 0 atom stereocenters. The van der Waals surface area contributed by atoms with Crippen molar-refractivity contribution >= 4 is 39.4 Å². The zero-order valence-electron chi connectivity index (χ0n) is 7.98. The zero-order valence-corrected chi connectivity index (χ0v) is 10.4. The van der Waals surface area contributed by atoms with Crippen LogP contribution in [0, 0.1) is 0 Å². The summed E-state index contributed by atoms with van der Waals surface area (Å²) in [5.74, 6) is -0.336. The van der Waals surface area contributed by atoms with Crippen molar-refractivity contribution in [1.82, 2.24) is 15.6 Å². The minimum absolute atomic E-state index is 0.336. The first-order chi connectivity index (χ1) is 7.77. The number of H-pyrrole nitrogens is 1. The van der Waals surface area contributed by atoms with Crippen LogP contribution in [0.15, 0.2) is 33.3 Å². The molecule has 1 amide bonds.